The Bertz CT molecular complexity index is 515. The Morgan fingerprint density at radius 3 is 2.86 bits per heavy atom. The van der Waals surface area contributed by atoms with E-state index in [0.717, 1.165) is 0 Å². The van der Waals surface area contributed by atoms with Crippen molar-refractivity contribution in [3.8, 4) is 0 Å². The van der Waals surface area contributed by atoms with Crippen molar-refractivity contribution < 1.29 is 4.92 Å². The van der Waals surface area contributed by atoms with Crippen LogP contribution < -0.4 is 0 Å². The summed E-state index contributed by atoms with van der Waals surface area (Å²) in [6.07, 6.45) is 1.51. The Balaban J connectivity index is 2.67. The van der Waals surface area contributed by atoms with E-state index in [1.165, 1.54) is 18.3 Å². The number of hydrogen-bond donors (Lipinski definition) is 0. The maximum Gasteiger partial charge on any atom is 0.271 e. The number of aromatic nitrogens is 2. The molecule has 0 aliphatic carbocycles. The molecule has 1 aromatic heterocycles. The lowest BCUT2D eigenvalue weighted by molar-refractivity contribution is -0.384. The highest BCUT2D eigenvalue weighted by molar-refractivity contribution is 9.10. The van der Waals surface area contributed by atoms with Gasteiger partial charge in [0.25, 0.3) is 5.69 Å². The van der Waals surface area contributed by atoms with Gasteiger partial charge < -0.3 is 0 Å². The van der Waals surface area contributed by atoms with Crippen LogP contribution in [0.25, 0.3) is 11.0 Å². The Morgan fingerprint density at radius 1 is 1.36 bits per heavy atom. The highest BCUT2D eigenvalue weighted by Crippen LogP contribution is 2.18. The van der Waals surface area contributed by atoms with E-state index in [0.29, 0.717) is 15.6 Å². The van der Waals surface area contributed by atoms with Gasteiger partial charge in [-0.15, -0.1) is 0 Å². The normalized spacial score (nSPS) is 10.4. The minimum atomic E-state index is -0.455. The monoisotopic (exact) mass is 253 g/mol. The van der Waals surface area contributed by atoms with E-state index in [1.54, 1.807) is 6.07 Å². The second kappa shape index (κ2) is 3.30. The van der Waals surface area contributed by atoms with E-state index in [4.69, 9.17) is 0 Å². The zero-order valence-corrected chi connectivity index (χ0v) is 8.43. The number of non-ortho nitro benzene ring substituents is 1. The summed E-state index contributed by atoms with van der Waals surface area (Å²) in [6, 6.07) is 4.38. The molecule has 14 heavy (non-hydrogen) atoms. The minimum absolute atomic E-state index is 0.0223. The van der Waals surface area contributed by atoms with Gasteiger partial charge in [0.2, 0.25) is 0 Å². The average molecular weight is 254 g/mol. The van der Waals surface area contributed by atoms with Crippen molar-refractivity contribution in [2.45, 2.75) is 0 Å². The molecule has 2 aromatic rings. The lowest BCUT2D eigenvalue weighted by Crippen LogP contribution is -1.89. The summed E-state index contributed by atoms with van der Waals surface area (Å²) in [6.45, 7) is 0. The van der Waals surface area contributed by atoms with Gasteiger partial charge in [0.05, 0.1) is 22.2 Å². The van der Waals surface area contributed by atoms with Crippen molar-refractivity contribution in [1.82, 2.24) is 9.97 Å². The lowest BCUT2D eigenvalue weighted by Gasteiger charge is -1.96. The number of nitro benzene ring substituents is 1. The molecule has 0 saturated carbocycles. The first-order chi connectivity index (χ1) is 6.66. The van der Waals surface area contributed by atoms with Gasteiger partial charge in [-0.2, -0.15) is 0 Å². The summed E-state index contributed by atoms with van der Waals surface area (Å²) in [5.41, 5.74) is 1.17. The van der Waals surface area contributed by atoms with E-state index >= 15 is 0 Å². The lowest BCUT2D eigenvalue weighted by atomic mass is 10.3. The molecule has 0 aliphatic rings. The molecule has 0 fully saturated rings. The second-order valence-electron chi connectivity index (χ2n) is 2.62. The van der Waals surface area contributed by atoms with Gasteiger partial charge in [0, 0.05) is 12.1 Å². The zero-order chi connectivity index (χ0) is 10.1. The molecule has 0 amide bonds. The van der Waals surface area contributed by atoms with Crippen molar-refractivity contribution in [2.75, 3.05) is 0 Å². The van der Waals surface area contributed by atoms with E-state index in [-0.39, 0.29) is 5.69 Å². The van der Waals surface area contributed by atoms with Crippen molar-refractivity contribution in [3.05, 3.63) is 39.1 Å². The van der Waals surface area contributed by atoms with Gasteiger partial charge in [-0.05, 0) is 22.0 Å². The van der Waals surface area contributed by atoms with Crippen molar-refractivity contribution in [1.29, 1.82) is 0 Å². The van der Waals surface area contributed by atoms with Crippen molar-refractivity contribution >= 4 is 32.7 Å². The van der Waals surface area contributed by atoms with Gasteiger partial charge >= 0.3 is 0 Å². The van der Waals surface area contributed by atoms with E-state index in [9.17, 15) is 10.1 Å². The average Bonchev–Trinajstić information content (AvgIpc) is 2.16. The number of hydrogen-bond acceptors (Lipinski definition) is 4. The summed E-state index contributed by atoms with van der Waals surface area (Å²) in [7, 11) is 0. The summed E-state index contributed by atoms with van der Waals surface area (Å²) < 4.78 is 0.610. The molecule has 0 spiro atoms. The van der Waals surface area contributed by atoms with Gasteiger partial charge in [-0.3, -0.25) is 15.1 Å². The number of nitro groups is 1. The van der Waals surface area contributed by atoms with Crippen LogP contribution in [0.4, 0.5) is 5.69 Å². The molecule has 0 bridgehead atoms. The first-order valence-electron chi connectivity index (χ1n) is 3.73. The fourth-order valence-corrected chi connectivity index (χ4v) is 1.38. The Hall–Kier alpha value is -1.56. The fraction of sp³-hybridized carbons (Fsp3) is 0. The molecular weight excluding hydrogens is 250 g/mol. The third kappa shape index (κ3) is 1.56. The molecule has 0 atom stereocenters. The maximum absolute atomic E-state index is 10.5. The Morgan fingerprint density at radius 2 is 2.14 bits per heavy atom. The molecule has 0 saturated heterocycles. The van der Waals surface area contributed by atoms with Crippen LogP contribution in [0.3, 0.4) is 0 Å². The highest BCUT2D eigenvalue weighted by Gasteiger charge is 2.07. The van der Waals surface area contributed by atoms with Crippen LogP contribution in [0.2, 0.25) is 0 Å². The van der Waals surface area contributed by atoms with E-state index < -0.39 is 4.92 Å². The van der Waals surface area contributed by atoms with Crippen LogP contribution in [0.15, 0.2) is 29.0 Å². The predicted octanol–water partition coefficient (Wildman–Crippen LogP) is 2.30. The first kappa shape index (κ1) is 9.01. The van der Waals surface area contributed by atoms with Gasteiger partial charge in [-0.1, -0.05) is 0 Å². The van der Waals surface area contributed by atoms with Crippen molar-refractivity contribution in [2.24, 2.45) is 0 Å². The molecule has 0 aliphatic heterocycles. The fourth-order valence-electron chi connectivity index (χ4n) is 1.09. The van der Waals surface area contributed by atoms with Gasteiger partial charge in [0.1, 0.15) is 4.60 Å². The first-order valence-corrected chi connectivity index (χ1v) is 4.53. The molecule has 6 heteroatoms. The molecule has 5 nitrogen and oxygen atoms in total. The standard InChI is InChI=1S/C8H4BrN3O2/c9-8-4-10-7-3-5(12(13)14)1-2-6(7)11-8/h1-4H. The van der Waals surface area contributed by atoms with Crippen LogP contribution in [-0.4, -0.2) is 14.9 Å². The smallest absolute Gasteiger partial charge is 0.258 e. The summed E-state index contributed by atoms with van der Waals surface area (Å²) in [5.74, 6) is 0. The second-order valence-corrected chi connectivity index (χ2v) is 3.44. The third-order valence-corrected chi connectivity index (χ3v) is 2.09. The molecule has 0 radical (unpaired) electrons. The minimum Gasteiger partial charge on any atom is -0.258 e. The van der Waals surface area contributed by atoms with Crippen LogP contribution in [0.1, 0.15) is 0 Å². The molecule has 0 unspecified atom stereocenters. The summed E-state index contributed by atoms with van der Waals surface area (Å²) in [4.78, 5) is 18.1. The number of benzene rings is 1. The van der Waals surface area contributed by atoms with E-state index in [1.807, 2.05) is 0 Å². The summed E-state index contributed by atoms with van der Waals surface area (Å²) in [5, 5.41) is 10.5. The number of nitrogens with zero attached hydrogens (tertiary/aromatic N) is 3. The Labute approximate surface area is 87.1 Å². The summed E-state index contributed by atoms with van der Waals surface area (Å²) >= 11 is 3.17. The quantitative estimate of drug-likeness (QED) is 0.578. The number of fused-ring (bicyclic) bond motifs is 1. The molecule has 0 N–H and O–H groups in total. The maximum atomic E-state index is 10.5. The molecule has 1 heterocycles. The Kier molecular flexibility index (Phi) is 2.12. The molecule has 70 valence electrons. The van der Waals surface area contributed by atoms with Crippen LogP contribution in [0.5, 0.6) is 0 Å². The molecule has 2 rings (SSSR count). The van der Waals surface area contributed by atoms with Gasteiger partial charge in [0.15, 0.2) is 0 Å². The number of rotatable bonds is 1. The SMILES string of the molecule is O=[N+]([O-])c1ccc2nc(Br)cnc2c1. The highest BCUT2D eigenvalue weighted by atomic mass is 79.9. The van der Waals surface area contributed by atoms with Crippen LogP contribution in [0, 0.1) is 10.1 Å². The van der Waals surface area contributed by atoms with Crippen LogP contribution >= 0.6 is 15.9 Å². The number of halogens is 1. The predicted molar refractivity (Wildman–Crippen MR) is 53.9 cm³/mol. The third-order valence-electron chi connectivity index (χ3n) is 1.71. The molecular formula is C8H4BrN3O2. The van der Waals surface area contributed by atoms with E-state index in [2.05, 4.69) is 25.9 Å². The van der Waals surface area contributed by atoms with Gasteiger partial charge in [-0.25, -0.2) is 4.98 Å². The molecule has 1 aromatic carbocycles. The topological polar surface area (TPSA) is 68.9 Å². The zero-order valence-electron chi connectivity index (χ0n) is 6.85. The largest absolute Gasteiger partial charge is 0.271 e. The van der Waals surface area contributed by atoms with Crippen LogP contribution in [-0.2, 0) is 0 Å². The van der Waals surface area contributed by atoms with Crippen molar-refractivity contribution in [3.63, 3.8) is 0 Å².